The Labute approximate surface area is 152 Å². The van der Waals surface area contributed by atoms with Crippen LogP contribution in [-0.4, -0.2) is 30.7 Å². The van der Waals surface area contributed by atoms with Crippen molar-refractivity contribution in [3.8, 4) is 0 Å². The SMILES string of the molecule is O=C(O)c1ccc(S(=O)(=O)O)c(C2CC(COCc3ccccc3)C2)c1. The molecule has 0 heterocycles. The summed E-state index contributed by atoms with van der Waals surface area (Å²) in [4.78, 5) is 10.9. The highest BCUT2D eigenvalue weighted by molar-refractivity contribution is 7.85. The molecule has 1 saturated carbocycles. The van der Waals surface area contributed by atoms with E-state index in [-0.39, 0.29) is 22.3 Å². The van der Waals surface area contributed by atoms with Crippen LogP contribution in [0.3, 0.4) is 0 Å². The van der Waals surface area contributed by atoms with E-state index in [2.05, 4.69) is 0 Å². The van der Waals surface area contributed by atoms with Gasteiger partial charge in [-0.05, 0) is 54.0 Å². The van der Waals surface area contributed by atoms with E-state index in [0.717, 1.165) is 11.6 Å². The Balaban J connectivity index is 1.62. The number of carbonyl (C=O) groups is 1. The van der Waals surface area contributed by atoms with Gasteiger partial charge in [-0.2, -0.15) is 8.42 Å². The third-order valence-corrected chi connectivity index (χ3v) is 5.60. The van der Waals surface area contributed by atoms with Gasteiger partial charge in [-0.1, -0.05) is 30.3 Å². The van der Waals surface area contributed by atoms with E-state index >= 15 is 0 Å². The number of rotatable bonds is 7. The van der Waals surface area contributed by atoms with Gasteiger partial charge in [0.15, 0.2) is 0 Å². The van der Waals surface area contributed by atoms with Crippen LogP contribution in [0.25, 0.3) is 0 Å². The maximum Gasteiger partial charge on any atom is 0.335 e. The molecule has 0 aliphatic heterocycles. The number of ether oxygens (including phenoxy) is 1. The quantitative estimate of drug-likeness (QED) is 0.719. The van der Waals surface area contributed by atoms with Gasteiger partial charge in [-0.3, -0.25) is 4.55 Å². The van der Waals surface area contributed by atoms with E-state index in [1.807, 2.05) is 30.3 Å². The van der Waals surface area contributed by atoms with E-state index in [1.165, 1.54) is 12.1 Å². The lowest BCUT2D eigenvalue weighted by atomic mass is 9.71. The normalized spacial score (nSPS) is 19.7. The van der Waals surface area contributed by atoms with Gasteiger partial charge < -0.3 is 9.84 Å². The summed E-state index contributed by atoms with van der Waals surface area (Å²) in [6.07, 6.45) is 1.39. The smallest absolute Gasteiger partial charge is 0.335 e. The van der Waals surface area contributed by atoms with Crippen LogP contribution in [0.15, 0.2) is 53.4 Å². The number of hydrogen-bond acceptors (Lipinski definition) is 4. The first-order valence-electron chi connectivity index (χ1n) is 8.31. The van der Waals surface area contributed by atoms with Crippen LogP contribution in [-0.2, 0) is 21.5 Å². The van der Waals surface area contributed by atoms with Gasteiger partial charge in [-0.15, -0.1) is 0 Å². The second kappa shape index (κ2) is 7.57. The molecule has 1 fully saturated rings. The summed E-state index contributed by atoms with van der Waals surface area (Å²) in [5.41, 5.74) is 1.47. The fourth-order valence-electron chi connectivity index (χ4n) is 3.28. The molecule has 2 aromatic carbocycles. The maximum absolute atomic E-state index is 11.6. The third kappa shape index (κ3) is 4.30. The van der Waals surface area contributed by atoms with Crippen LogP contribution in [0.4, 0.5) is 0 Å². The highest BCUT2D eigenvalue weighted by Crippen LogP contribution is 2.44. The predicted octanol–water partition coefficient (Wildman–Crippen LogP) is 3.34. The van der Waals surface area contributed by atoms with Crippen molar-refractivity contribution in [1.29, 1.82) is 0 Å². The van der Waals surface area contributed by atoms with Gasteiger partial charge in [0.25, 0.3) is 10.1 Å². The first-order valence-corrected chi connectivity index (χ1v) is 9.75. The van der Waals surface area contributed by atoms with E-state index in [1.54, 1.807) is 0 Å². The van der Waals surface area contributed by atoms with Gasteiger partial charge in [-0.25, -0.2) is 4.79 Å². The van der Waals surface area contributed by atoms with Crippen molar-refractivity contribution in [2.75, 3.05) is 6.61 Å². The summed E-state index contributed by atoms with van der Waals surface area (Å²) in [5, 5.41) is 9.12. The number of aromatic carboxylic acids is 1. The third-order valence-electron chi connectivity index (χ3n) is 4.68. The van der Waals surface area contributed by atoms with E-state index in [4.69, 9.17) is 9.84 Å². The molecule has 2 aromatic rings. The van der Waals surface area contributed by atoms with E-state index in [0.29, 0.717) is 31.6 Å². The zero-order valence-corrected chi connectivity index (χ0v) is 14.9. The molecule has 6 nitrogen and oxygen atoms in total. The summed E-state index contributed by atoms with van der Waals surface area (Å²) in [6.45, 7) is 1.08. The van der Waals surface area contributed by atoms with Crippen molar-refractivity contribution >= 4 is 16.1 Å². The Morgan fingerprint density at radius 1 is 1.12 bits per heavy atom. The van der Waals surface area contributed by atoms with Crippen molar-refractivity contribution in [2.45, 2.75) is 30.3 Å². The second-order valence-electron chi connectivity index (χ2n) is 6.57. The molecular weight excluding hydrogens is 356 g/mol. The van der Waals surface area contributed by atoms with Crippen molar-refractivity contribution in [3.63, 3.8) is 0 Å². The highest BCUT2D eigenvalue weighted by Gasteiger charge is 2.34. The molecular formula is C19H20O6S. The standard InChI is InChI=1S/C19H20O6S/c20-19(21)15-6-7-18(26(22,23)24)17(10-15)16-8-14(9-16)12-25-11-13-4-2-1-3-5-13/h1-7,10,14,16H,8-9,11-12H2,(H,20,21)(H,22,23,24). The van der Waals surface area contributed by atoms with Crippen LogP contribution in [0, 0.1) is 5.92 Å². The molecule has 0 amide bonds. The molecule has 26 heavy (non-hydrogen) atoms. The first-order chi connectivity index (χ1) is 12.3. The fraction of sp³-hybridized carbons (Fsp3) is 0.316. The van der Waals surface area contributed by atoms with Crippen molar-refractivity contribution in [1.82, 2.24) is 0 Å². The van der Waals surface area contributed by atoms with Gasteiger partial charge in [0.1, 0.15) is 0 Å². The molecule has 2 N–H and O–H groups in total. The summed E-state index contributed by atoms with van der Waals surface area (Å²) in [5.74, 6) is -0.946. The largest absolute Gasteiger partial charge is 0.478 e. The zero-order chi connectivity index (χ0) is 18.7. The minimum Gasteiger partial charge on any atom is -0.478 e. The topological polar surface area (TPSA) is 101 Å². The molecule has 1 aliphatic carbocycles. The number of benzene rings is 2. The summed E-state index contributed by atoms with van der Waals surface area (Å²) in [7, 11) is -4.39. The van der Waals surface area contributed by atoms with Crippen LogP contribution in [0.2, 0.25) is 0 Å². The minimum atomic E-state index is -4.39. The second-order valence-corrected chi connectivity index (χ2v) is 7.96. The maximum atomic E-state index is 11.6. The molecule has 0 unspecified atom stereocenters. The lowest BCUT2D eigenvalue weighted by molar-refractivity contribution is 0.0503. The van der Waals surface area contributed by atoms with Crippen LogP contribution in [0.1, 0.15) is 40.2 Å². The van der Waals surface area contributed by atoms with Gasteiger partial charge >= 0.3 is 5.97 Å². The monoisotopic (exact) mass is 376 g/mol. The van der Waals surface area contributed by atoms with E-state index < -0.39 is 16.1 Å². The average molecular weight is 376 g/mol. The molecule has 0 saturated heterocycles. The molecule has 138 valence electrons. The predicted molar refractivity (Wildman–Crippen MR) is 94.8 cm³/mol. The Kier molecular flexibility index (Phi) is 5.41. The first kappa shape index (κ1) is 18.6. The molecule has 0 aromatic heterocycles. The summed E-state index contributed by atoms with van der Waals surface area (Å²) >= 11 is 0. The number of hydrogen-bond donors (Lipinski definition) is 2. The summed E-state index contributed by atoms with van der Waals surface area (Å²) in [6, 6.07) is 13.5. The Bertz CT molecular complexity index is 886. The number of carboxylic acid groups (broad SMARTS) is 1. The fourth-order valence-corrected chi connectivity index (χ4v) is 4.04. The summed E-state index contributed by atoms with van der Waals surface area (Å²) < 4.78 is 38.3. The van der Waals surface area contributed by atoms with Gasteiger partial charge in [0, 0.05) is 6.61 Å². The molecule has 0 spiro atoms. The zero-order valence-electron chi connectivity index (χ0n) is 14.0. The van der Waals surface area contributed by atoms with Gasteiger partial charge in [0.05, 0.1) is 17.1 Å². The Morgan fingerprint density at radius 3 is 2.42 bits per heavy atom. The average Bonchev–Trinajstić information content (AvgIpc) is 2.56. The van der Waals surface area contributed by atoms with E-state index in [9.17, 15) is 17.8 Å². The minimum absolute atomic E-state index is 0.0103. The highest BCUT2D eigenvalue weighted by atomic mass is 32.2. The van der Waals surface area contributed by atoms with Crippen LogP contribution in [0.5, 0.6) is 0 Å². The molecule has 0 atom stereocenters. The van der Waals surface area contributed by atoms with Crippen LogP contribution < -0.4 is 0 Å². The lowest BCUT2D eigenvalue weighted by Gasteiger charge is -2.36. The van der Waals surface area contributed by atoms with Crippen LogP contribution >= 0.6 is 0 Å². The lowest BCUT2D eigenvalue weighted by Crippen LogP contribution is -2.27. The Morgan fingerprint density at radius 2 is 1.81 bits per heavy atom. The van der Waals surface area contributed by atoms with Crippen molar-refractivity contribution in [2.24, 2.45) is 5.92 Å². The van der Waals surface area contributed by atoms with Gasteiger partial charge in [0.2, 0.25) is 0 Å². The Hall–Kier alpha value is -2.22. The molecule has 3 rings (SSSR count). The molecule has 0 bridgehead atoms. The molecule has 0 radical (unpaired) electrons. The molecule has 1 aliphatic rings. The molecule has 7 heteroatoms. The van der Waals surface area contributed by atoms with Crippen molar-refractivity contribution in [3.05, 3.63) is 65.2 Å². The van der Waals surface area contributed by atoms with Crippen molar-refractivity contribution < 1.29 is 27.6 Å². The number of carboxylic acids is 1.